The van der Waals surface area contributed by atoms with E-state index in [1.54, 1.807) is 0 Å². The van der Waals surface area contributed by atoms with E-state index in [1.807, 2.05) is 36.4 Å². The van der Waals surface area contributed by atoms with Crippen LogP contribution < -0.4 is 0 Å². The van der Waals surface area contributed by atoms with Gasteiger partial charge in [0.25, 0.3) is 0 Å². The third-order valence-corrected chi connectivity index (χ3v) is 3.60. The van der Waals surface area contributed by atoms with E-state index >= 15 is 0 Å². The third kappa shape index (κ3) is 2.64. The summed E-state index contributed by atoms with van der Waals surface area (Å²) in [5.41, 5.74) is 3.44. The van der Waals surface area contributed by atoms with Crippen molar-refractivity contribution in [2.24, 2.45) is 0 Å². The zero-order chi connectivity index (χ0) is 13.2. The van der Waals surface area contributed by atoms with Crippen molar-refractivity contribution >= 4 is 15.9 Å². The highest BCUT2D eigenvalue weighted by Gasteiger charge is 2.06. The molecule has 0 atom stereocenters. The van der Waals surface area contributed by atoms with Gasteiger partial charge < -0.3 is 4.42 Å². The number of rotatable bonds is 2. The Kier molecular flexibility index (Phi) is 3.26. The van der Waals surface area contributed by atoms with E-state index in [-0.39, 0.29) is 0 Å². The summed E-state index contributed by atoms with van der Waals surface area (Å²) in [7, 11) is 0. The summed E-state index contributed by atoms with van der Waals surface area (Å²) in [6.07, 6.45) is 0. The molecule has 0 unspecified atom stereocenters. The SMILES string of the molecule is Cc1ccc(-c2ccc(-c3ccc(Br)cc3)o2)cc1. The predicted molar refractivity (Wildman–Crippen MR) is 82.0 cm³/mol. The first kappa shape index (κ1) is 12.2. The van der Waals surface area contributed by atoms with Crippen LogP contribution in [0.25, 0.3) is 22.6 Å². The summed E-state index contributed by atoms with van der Waals surface area (Å²) < 4.78 is 6.99. The lowest BCUT2D eigenvalue weighted by atomic mass is 10.1. The molecular formula is C17H13BrO. The van der Waals surface area contributed by atoms with Gasteiger partial charge in [0.2, 0.25) is 0 Å². The van der Waals surface area contributed by atoms with Crippen LogP contribution in [-0.2, 0) is 0 Å². The summed E-state index contributed by atoms with van der Waals surface area (Å²) in [4.78, 5) is 0. The summed E-state index contributed by atoms with van der Waals surface area (Å²) in [6, 6.07) is 20.5. The van der Waals surface area contributed by atoms with Crippen LogP contribution in [0.1, 0.15) is 5.56 Å². The summed E-state index contributed by atoms with van der Waals surface area (Å²) >= 11 is 3.44. The molecule has 2 heteroatoms. The van der Waals surface area contributed by atoms with Crippen LogP contribution in [0.5, 0.6) is 0 Å². The quantitative estimate of drug-likeness (QED) is 0.593. The standard InChI is InChI=1S/C17H13BrO/c1-12-2-4-13(5-3-12)16-10-11-17(19-16)14-6-8-15(18)9-7-14/h2-11H,1H3. The maximum atomic E-state index is 5.92. The fourth-order valence-electron chi connectivity index (χ4n) is 1.98. The highest BCUT2D eigenvalue weighted by Crippen LogP contribution is 2.29. The van der Waals surface area contributed by atoms with Crippen molar-refractivity contribution in [1.29, 1.82) is 0 Å². The Morgan fingerprint density at radius 2 is 1.16 bits per heavy atom. The third-order valence-electron chi connectivity index (χ3n) is 3.07. The van der Waals surface area contributed by atoms with Gasteiger partial charge in [-0.25, -0.2) is 0 Å². The zero-order valence-corrected chi connectivity index (χ0v) is 12.1. The fraction of sp³-hybridized carbons (Fsp3) is 0.0588. The largest absolute Gasteiger partial charge is 0.456 e. The molecule has 0 amide bonds. The van der Waals surface area contributed by atoms with Crippen molar-refractivity contribution in [2.75, 3.05) is 0 Å². The normalized spacial score (nSPS) is 10.6. The molecule has 0 spiro atoms. The minimum Gasteiger partial charge on any atom is -0.456 e. The van der Waals surface area contributed by atoms with Crippen LogP contribution in [0.4, 0.5) is 0 Å². The molecule has 0 bridgehead atoms. The summed E-state index contributed by atoms with van der Waals surface area (Å²) in [6.45, 7) is 2.08. The van der Waals surface area contributed by atoms with Gasteiger partial charge in [-0.15, -0.1) is 0 Å². The molecule has 0 aliphatic heterocycles. The van der Waals surface area contributed by atoms with Crippen molar-refractivity contribution < 1.29 is 4.42 Å². The van der Waals surface area contributed by atoms with E-state index in [0.29, 0.717) is 0 Å². The van der Waals surface area contributed by atoms with Crippen LogP contribution in [0, 0.1) is 6.92 Å². The molecule has 3 rings (SSSR count). The molecule has 2 aromatic carbocycles. The molecule has 1 nitrogen and oxygen atoms in total. The molecule has 0 N–H and O–H groups in total. The molecular weight excluding hydrogens is 300 g/mol. The van der Waals surface area contributed by atoms with Gasteiger partial charge in [-0.3, -0.25) is 0 Å². The predicted octanol–water partition coefficient (Wildman–Crippen LogP) is 5.68. The number of hydrogen-bond donors (Lipinski definition) is 0. The average molecular weight is 313 g/mol. The number of aryl methyl sites for hydroxylation is 1. The Bertz CT molecular complexity index is 618. The fourth-order valence-corrected chi connectivity index (χ4v) is 2.24. The van der Waals surface area contributed by atoms with Gasteiger partial charge in [-0.05, 0) is 31.2 Å². The van der Waals surface area contributed by atoms with Gasteiger partial charge >= 0.3 is 0 Å². The molecule has 0 saturated heterocycles. The first-order chi connectivity index (χ1) is 9.22. The van der Waals surface area contributed by atoms with E-state index in [0.717, 1.165) is 27.1 Å². The second-order valence-corrected chi connectivity index (χ2v) is 5.45. The maximum Gasteiger partial charge on any atom is 0.134 e. The van der Waals surface area contributed by atoms with Crippen LogP contribution in [0.3, 0.4) is 0 Å². The Labute approximate surface area is 121 Å². The smallest absolute Gasteiger partial charge is 0.134 e. The van der Waals surface area contributed by atoms with E-state index < -0.39 is 0 Å². The molecule has 19 heavy (non-hydrogen) atoms. The Morgan fingerprint density at radius 1 is 0.684 bits per heavy atom. The van der Waals surface area contributed by atoms with Crippen molar-refractivity contribution in [3.63, 3.8) is 0 Å². The lowest BCUT2D eigenvalue weighted by molar-refractivity contribution is 0.597. The van der Waals surface area contributed by atoms with Crippen molar-refractivity contribution in [1.82, 2.24) is 0 Å². The van der Waals surface area contributed by atoms with Gasteiger partial charge in [0.15, 0.2) is 0 Å². The van der Waals surface area contributed by atoms with E-state index in [2.05, 4.69) is 47.1 Å². The van der Waals surface area contributed by atoms with Gasteiger partial charge in [0, 0.05) is 15.6 Å². The van der Waals surface area contributed by atoms with E-state index in [9.17, 15) is 0 Å². The van der Waals surface area contributed by atoms with Crippen LogP contribution in [0.2, 0.25) is 0 Å². The van der Waals surface area contributed by atoms with Crippen molar-refractivity contribution in [2.45, 2.75) is 6.92 Å². The van der Waals surface area contributed by atoms with Crippen LogP contribution >= 0.6 is 15.9 Å². The van der Waals surface area contributed by atoms with Gasteiger partial charge in [-0.2, -0.15) is 0 Å². The van der Waals surface area contributed by atoms with Gasteiger partial charge in [0.1, 0.15) is 11.5 Å². The molecule has 1 aromatic heterocycles. The number of halogens is 1. The minimum atomic E-state index is 0.892. The summed E-state index contributed by atoms with van der Waals surface area (Å²) in [5.74, 6) is 1.79. The monoisotopic (exact) mass is 312 g/mol. The number of furan rings is 1. The molecule has 0 aliphatic carbocycles. The van der Waals surface area contributed by atoms with Crippen molar-refractivity contribution in [3.05, 3.63) is 70.7 Å². The lowest BCUT2D eigenvalue weighted by Crippen LogP contribution is -1.75. The van der Waals surface area contributed by atoms with Crippen LogP contribution in [0.15, 0.2) is 69.6 Å². The molecule has 0 radical (unpaired) electrons. The topological polar surface area (TPSA) is 13.1 Å². The first-order valence-corrected chi connectivity index (χ1v) is 6.94. The molecule has 1 heterocycles. The Balaban J connectivity index is 1.95. The highest BCUT2D eigenvalue weighted by atomic mass is 79.9. The minimum absolute atomic E-state index is 0.892. The summed E-state index contributed by atoms with van der Waals surface area (Å²) in [5, 5.41) is 0. The molecule has 3 aromatic rings. The second kappa shape index (κ2) is 5.06. The van der Waals surface area contributed by atoms with Crippen molar-refractivity contribution in [3.8, 4) is 22.6 Å². The number of benzene rings is 2. The van der Waals surface area contributed by atoms with Gasteiger partial charge in [0.05, 0.1) is 0 Å². The molecule has 0 saturated carbocycles. The highest BCUT2D eigenvalue weighted by molar-refractivity contribution is 9.10. The van der Waals surface area contributed by atoms with Crippen LogP contribution in [-0.4, -0.2) is 0 Å². The lowest BCUT2D eigenvalue weighted by Gasteiger charge is -1.99. The second-order valence-electron chi connectivity index (χ2n) is 4.54. The van der Waals surface area contributed by atoms with E-state index in [1.165, 1.54) is 5.56 Å². The Hall–Kier alpha value is -1.80. The average Bonchev–Trinajstić information content (AvgIpc) is 2.90. The maximum absolute atomic E-state index is 5.92. The molecule has 0 aliphatic rings. The Morgan fingerprint density at radius 3 is 1.68 bits per heavy atom. The molecule has 0 fully saturated rings. The number of hydrogen-bond acceptors (Lipinski definition) is 1. The van der Waals surface area contributed by atoms with Gasteiger partial charge in [-0.1, -0.05) is 57.9 Å². The zero-order valence-electron chi connectivity index (χ0n) is 10.6. The van der Waals surface area contributed by atoms with E-state index in [4.69, 9.17) is 4.42 Å². The molecule has 94 valence electrons. The first-order valence-electron chi connectivity index (χ1n) is 6.15.